The lowest BCUT2D eigenvalue weighted by atomic mass is 9.88. The topological polar surface area (TPSA) is 85.7 Å². The van der Waals surface area contributed by atoms with Gasteiger partial charge in [0.2, 0.25) is 0 Å². The number of pyridine rings is 1. The second kappa shape index (κ2) is 13.5. The maximum absolute atomic E-state index is 10.9. The average Bonchev–Trinajstić information content (AvgIpc) is 3.30. The number of hydrogen-bond acceptors (Lipinski definition) is 6. The highest BCUT2D eigenvalue weighted by Crippen LogP contribution is 2.36. The summed E-state index contributed by atoms with van der Waals surface area (Å²) in [5, 5.41) is 24.0. The van der Waals surface area contributed by atoms with Crippen molar-refractivity contribution >= 4 is 29.5 Å². The van der Waals surface area contributed by atoms with Crippen LogP contribution in [0.5, 0.6) is 0 Å². The number of benzene rings is 2. The molecule has 3 aromatic rings. The minimum atomic E-state index is -0.836. The van der Waals surface area contributed by atoms with Gasteiger partial charge in [-0.1, -0.05) is 41.9 Å². The lowest BCUT2D eigenvalue weighted by molar-refractivity contribution is -0.136. The summed E-state index contributed by atoms with van der Waals surface area (Å²) in [4.78, 5) is 16.5. The van der Waals surface area contributed by atoms with Gasteiger partial charge >= 0.3 is 5.97 Å². The van der Waals surface area contributed by atoms with Gasteiger partial charge in [-0.3, -0.25) is 9.78 Å². The van der Waals surface area contributed by atoms with Crippen LogP contribution in [-0.4, -0.2) is 57.3 Å². The van der Waals surface area contributed by atoms with Crippen molar-refractivity contribution < 1.29 is 15.0 Å². The van der Waals surface area contributed by atoms with Crippen LogP contribution in [0.25, 0.3) is 11.3 Å². The van der Waals surface area contributed by atoms with E-state index in [1.54, 1.807) is 0 Å². The van der Waals surface area contributed by atoms with E-state index in [2.05, 4.69) is 48.4 Å². The fourth-order valence-corrected chi connectivity index (χ4v) is 6.82. The molecule has 3 N–H and O–H groups in total. The number of aliphatic hydroxyl groups excluding tert-OH is 1. The fraction of sp³-hybridized carbons (Fsp3) is 0.438. The molecule has 0 saturated carbocycles. The number of aryl methyl sites for hydroxylation is 2. The molecule has 1 atom stereocenters. The van der Waals surface area contributed by atoms with E-state index >= 15 is 0 Å². The molecule has 4 rings (SSSR count). The number of carboxylic acids is 1. The zero-order valence-corrected chi connectivity index (χ0v) is 25.4. The number of fused-ring (bicyclic) bond motifs is 1. The number of likely N-dealkylation sites (N-methyl/N-ethyl adjacent to an activating group) is 1. The predicted octanol–water partition coefficient (Wildman–Crippen LogP) is 6.20. The van der Waals surface area contributed by atoms with Crippen LogP contribution in [-0.2, 0) is 24.1 Å². The first-order valence-corrected chi connectivity index (χ1v) is 15.0. The fourth-order valence-electron chi connectivity index (χ4n) is 5.55. The van der Waals surface area contributed by atoms with Gasteiger partial charge in [-0.05, 0) is 106 Å². The standard InChI is InChI=1S/C32H40ClN3O3S/c1-21-14-25(29-11-7-10-26(35-29)12-13-30(38)39)17-28(33)31(21)40-36(4)20-27(37)19-34-32(2,3)18-22-15-23-8-5-6-9-24(23)16-22/h5-11,14,17,22,27,34,37H,12-13,15-16,18-20H2,1-4H3,(H,38,39)/t27-/m1/s1. The van der Waals surface area contributed by atoms with E-state index in [4.69, 9.17) is 16.7 Å². The van der Waals surface area contributed by atoms with Crippen molar-refractivity contribution in [1.29, 1.82) is 0 Å². The van der Waals surface area contributed by atoms with Crippen molar-refractivity contribution in [3.8, 4) is 11.3 Å². The van der Waals surface area contributed by atoms with Crippen LogP contribution < -0.4 is 5.32 Å². The van der Waals surface area contributed by atoms with E-state index in [0.29, 0.717) is 30.5 Å². The zero-order valence-electron chi connectivity index (χ0n) is 23.8. The molecule has 2 aromatic carbocycles. The number of aliphatic carboxylic acids is 1. The Morgan fingerprint density at radius 1 is 1.18 bits per heavy atom. The summed E-state index contributed by atoms with van der Waals surface area (Å²) in [5.74, 6) is -0.206. The average molecular weight is 582 g/mol. The number of halogens is 1. The zero-order chi connectivity index (χ0) is 28.9. The van der Waals surface area contributed by atoms with E-state index in [1.807, 2.05) is 48.6 Å². The monoisotopic (exact) mass is 581 g/mol. The maximum Gasteiger partial charge on any atom is 0.303 e. The second-order valence-electron chi connectivity index (χ2n) is 11.6. The molecule has 214 valence electrons. The summed E-state index contributed by atoms with van der Waals surface area (Å²) < 4.78 is 2.02. The second-order valence-corrected chi connectivity index (χ2v) is 13.2. The molecule has 1 aliphatic carbocycles. The van der Waals surface area contributed by atoms with Crippen LogP contribution in [0.15, 0.2) is 59.5 Å². The van der Waals surface area contributed by atoms with Crippen LogP contribution in [0.2, 0.25) is 5.02 Å². The van der Waals surface area contributed by atoms with Crippen molar-refractivity contribution in [1.82, 2.24) is 14.6 Å². The van der Waals surface area contributed by atoms with Gasteiger partial charge in [0.1, 0.15) is 0 Å². The van der Waals surface area contributed by atoms with Gasteiger partial charge in [-0.25, -0.2) is 4.31 Å². The van der Waals surface area contributed by atoms with Gasteiger partial charge in [0.25, 0.3) is 0 Å². The van der Waals surface area contributed by atoms with E-state index in [-0.39, 0.29) is 12.0 Å². The number of β-amino-alcohol motifs (C(OH)–C–C–N with tert-alkyl or cyclic N) is 1. The van der Waals surface area contributed by atoms with Crippen LogP contribution >= 0.6 is 23.5 Å². The number of hydrogen-bond donors (Lipinski definition) is 3. The summed E-state index contributed by atoms with van der Waals surface area (Å²) in [6, 6.07) is 18.3. The number of carbonyl (C=O) groups is 1. The first kappa shape index (κ1) is 30.5. The molecule has 6 nitrogen and oxygen atoms in total. The maximum atomic E-state index is 10.9. The number of rotatable bonds is 13. The molecule has 40 heavy (non-hydrogen) atoms. The molecule has 1 aromatic heterocycles. The molecule has 0 unspecified atom stereocenters. The largest absolute Gasteiger partial charge is 0.481 e. The minimum Gasteiger partial charge on any atom is -0.481 e. The van der Waals surface area contributed by atoms with Crippen molar-refractivity contribution in [2.45, 2.75) is 69.4 Å². The molecular weight excluding hydrogens is 542 g/mol. The summed E-state index contributed by atoms with van der Waals surface area (Å²) >= 11 is 8.24. The van der Waals surface area contributed by atoms with E-state index in [1.165, 1.54) is 23.1 Å². The Labute approximate surface area is 247 Å². The van der Waals surface area contributed by atoms with Crippen molar-refractivity contribution in [2.75, 3.05) is 20.1 Å². The molecule has 0 saturated heterocycles. The van der Waals surface area contributed by atoms with Crippen LogP contribution in [0, 0.1) is 12.8 Å². The van der Waals surface area contributed by atoms with Crippen molar-refractivity contribution in [2.24, 2.45) is 5.92 Å². The molecule has 0 spiro atoms. The third-order valence-corrected chi connectivity index (χ3v) is 8.99. The summed E-state index contributed by atoms with van der Waals surface area (Å²) in [5.41, 5.74) is 6.31. The van der Waals surface area contributed by atoms with Gasteiger partial charge in [0.15, 0.2) is 0 Å². The Kier molecular flexibility index (Phi) is 10.3. The van der Waals surface area contributed by atoms with Crippen LogP contribution in [0.1, 0.15) is 49.1 Å². The van der Waals surface area contributed by atoms with Crippen molar-refractivity contribution in [3.63, 3.8) is 0 Å². The number of aliphatic hydroxyl groups is 1. The number of carboxylic acid groups (broad SMARTS) is 1. The summed E-state index contributed by atoms with van der Waals surface area (Å²) in [6.45, 7) is 7.48. The molecular formula is C32H40ClN3O3S. The molecule has 8 heteroatoms. The van der Waals surface area contributed by atoms with Gasteiger partial charge in [0.05, 0.1) is 23.2 Å². The third kappa shape index (κ3) is 8.54. The molecule has 1 heterocycles. The quantitative estimate of drug-likeness (QED) is 0.207. The number of nitrogens with one attached hydrogen (secondary N) is 1. The van der Waals surface area contributed by atoms with Gasteiger partial charge in [-0.2, -0.15) is 0 Å². The third-order valence-electron chi connectivity index (χ3n) is 7.39. The molecule has 0 radical (unpaired) electrons. The number of aromatic nitrogens is 1. The molecule has 0 bridgehead atoms. The Morgan fingerprint density at radius 3 is 2.52 bits per heavy atom. The SMILES string of the molecule is Cc1cc(-c2cccc(CCC(=O)O)n2)cc(Cl)c1SN(C)C[C@H](O)CNC(C)(C)CC1Cc2ccccc2C1. The number of nitrogens with zero attached hydrogens (tertiary/aromatic N) is 2. The first-order valence-electron chi connectivity index (χ1n) is 13.9. The Morgan fingerprint density at radius 2 is 1.88 bits per heavy atom. The van der Waals surface area contributed by atoms with Gasteiger partial charge in [-0.15, -0.1) is 0 Å². The summed E-state index contributed by atoms with van der Waals surface area (Å²) in [6.07, 6.45) is 3.25. The van der Waals surface area contributed by atoms with Crippen LogP contribution in [0.3, 0.4) is 0 Å². The summed E-state index contributed by atoms with van der Waals surface area (Å²) in [7, 11) is 1.96. The van der Waals surface area contributed by atoms with Gasteiger partial charge < -0.3 is 15.5 Å². The lowest BCUT2D eigenvalue weighted by Crippen LogP contribution is -2.46. The molecule has 0 fully saturated rings. The highest BCUT2D eigenvalue weighted by molar-refractivity contribution is 7.97. The lowest BCUT2D eigenvalue weighted by Gasteiger charge is -2.31. The van der Waals surface area contributed by atoms with Crippen LogP contribution in [0.4, 0.5) is 0 Å². The van der Waals surface area contributed by atoms with E-state index in [0.717, 1.165) is 46.7 Å². The normalized spacial score (nSPS) is 14.5. The molecule has 0 amide bonds. The highest BCUT2D eigenvalue weighted by atomic mass is 35.5. The van der Waals surface area contributed by atoms with Crippen molar-refractivity contribution in [3.05, 3.63) is 82.0 Å². The Balaban J connectivity index is 1.29. The van der Waals surface area contributed by atoms with Gasteiger partial charge in [0, 0.05) is 41.2 Å². The smallest absolute Gasteiger partial charge is 0.303 e. The first-order chi connectivity index (χ1) is 19.0. The molecule has 1 aliphatic rings. The minimum absolute atomic E-state index is 0.0479. The molecule has 0 aliphatic heterocycles. The van der Waals surface area contributed by atoms with E-state index < -0.39 is 12.1 Å². The van der Waals surface area contributed by atoms with E-state index in [9.17, 15) is 9.90 Å². The Bertz CT molecular complexity index is 1280. The predicted molar refractivity (Wildman–Crippen MR) is 164 cm³/mol. The highest BCUT2D eigenvalue weighted by Gasteiger charge is 2.28. The Hall–Kier alpha value is -2.42.